The van der Waals surface area contributed by atoms with Gasteiger partial charge in [-0.05, 0) is 24.3 Å². The highest BCUT2D eigenvalue weighted by atomic mass is 79.9. The Morgan fingerprint density at radius 3 is 3.00 bits per heavy atom. The van der Waals surface area contributed by atoms with Gasteiger partial charge in [0, 0.05) is 16.9 Å². The molecule has 1 heterocycles. The molecule has 2 N–H and O–H groups in total. The van der Waals surface area contributed by atoms with Crippen LogP contribution in [-0.4, -0.2) is 16.4 Å². The first-order valence-corrected chi connectivity index (χ1v) is 5.70. The molecule has 0 amide bonds. The fraction of sp³-hybridized carbons (Fsp3) is 0.182. The minimum Gasteiger partial charge on any atom is -0.489 e. The van der Waals surface area contributed by atoms with Crippen molar-refractivity contribution in [1.29, 1.82) is 0 Å². The molecule has 0 saturated heterocycles. The monoisotopic (exact) mass is 281 g/mol. The summed E-state index contributed by atoms with van der Waals surface area (Å²) < 4.78 is 8.32. The molecule has 84 valence electrons. The normalized spacial score (nSPS) is 10.3. The van der Waals surface area contributed by atoms with E-state index in [0.29, 0.717) is 24.6 Å². The smallest absolute Gasteiger partial charge is 0.142 e. The van der Waals surface area contributed by atoms with Crippen molar-refractivity contribution in [2.45, 2.75) is 6.54 Å². The Hall–Kier alpha value is -1.49. The van der Waals surface area contributed by atoms with Crippen LogP contribution in [0.5, 0.6) is 5.75 Å². The first-order valence-electron chi connectivity index (χ1n) is 4.91. The summed E-state index contributed by atoms with van der Waals surface area (Å²) in [6.45, 7) is 1.26. The first kappa shape index (κ1) is 11.0. The van der Waals surface area contributed by atoms with Gasteiger partial charge in [-0.25, -0.2) is 0 Å². The summed E-state index contributed by atoms with van der Waals surface area (Å²) in [7, 11) is 0. The molecule has 0 saturated carbocycles. The Morgan fingerprint density at radius 1 is 1.44 bits per heavy atom. The van der Waals surface area contributed by atoms with E-state index in [1.54, 1.807) is 6.20 Å². The number of anilines is 1. The third-order valence-electron chi connectivity index (χ3n) is 2.11. The molecule has 4 nitrogen and oxygen atoms in total. The van der Waals surface area contributed by atoms with Crippen molar-refractivity contribution in [1.82, 2.24) is 9.78 Å². The molecule has 0 fully saturated rings. The molecule has 0 aliphatic rings. The van der Waals surface area contributed by atoms with Crippen molar-refractivity contribution in [2.24, 2.45) is 0 Å². The maximum Gasteiger partial charge on any atom is 0.142 e. The standard InChI is InChI=1S/C11H12BrN3O/c12-9-2-3-11(10(13)8-9)16-7-6-15-5-1-4-14-15/h1-5,8H,6-7,13H2. The lowest BCUT2D eigenvalue weighted by molar-refractivity contribution is 0.292. The molecule has 0 aliphatic carbocycles. The van der Waals surface area contributed by atoms with Crippen LogP contribution in [0.2, 0.25) is 0 Å². The van der Waals surface area contributed by atoms with E-state index >= 15 is 0 Å². The second-order valence-electron chi connectivity index (χ2n) is 3.30. The molecule has 2 aromatic rings. The maximum atomic E-state index is 5.80. The third-order valence-corrected chi connectivity index (χ3v) is 2.60. The number of halogens is 1. The molecule has 0 spiro atoms. The van der Waals surface area contributed by atoms with E-state index in [2.05, 4.69) is 21.0 Å². The summed E-state index contributed by atoms with van der Waals surface area (Å²) in [5.41, 5.74) is 6.44. The number of nitrogens with zero attached hydrogens (tertiary/aromatic N) is 2. The molecule has 0 unspecified atom stereocenters. The summed E-state index contributed by atoms with van der Waals surface area (Å²) in [4.78, 5) is 0. The van der Waals surface area contributed by atoms with Crippen LogP contribution in [0.1, 0.15) is 0 Å². The van der Waals surface area contributed by atoms with Gasteiger partial charge >= 0.3 is 0 Å². The van der Waals surface area contributed by atoms with Gasteiger partial charge in [0.05, 0.1) is 12.2 Å². The maximum absolute atomic E-state index is 5.80. The Kier molecular flexibility index (Phi) is 3.46. The van der Waals surface area contributed by atoms with Crippen LogP contribution in [0.25, 0.3) is 0 Å². The largest absolute Gasteiger partial charge is 0.489 e. The van der Waals surface area contributed by atoms with Crippen molar-refractivity contribution >= 4 is 21.6 Å². The number of benzene rings is 1. The average Bonchev–Trinajstić information content (AvgIpc) is 2.74. The van der Waals surface area contributed by atoms with E-state index in [-0.39, 0.29) is 0 Å². The fourth-order valence-electron chi connectivity index (χ4n) is 1.33. The molecule has 0 aliphatic heterocycles. The van der Waals surface area contributed by atoms with Gasteiger partial charge < -0.3 is 10.5 Å². The second kappa shape index (κ2) is 5.03. The van der Waals surface area contributed by atoms with Gasteiger partial charge in [-0.15, -0.1) is 0 Å². The van der Waals surface area contributed by atoms with Gasteiger partial charge in [-0.1, -0.05) is 15.9 Å². The predicted molar refractivity (Wildman–Crippen MR) is 66.3 cm³/mol. The average molecular weight is 282 g/mol. The fourth-order valence-corrected chi connectivity index (χ4v) is 1.71. The van der Waals surface area contributed by atoms with Gasteiger partial charge in [0.25, 0.3) is 0 Å². The van der Waals surface area contributed by atoms with E-state index in [4.69, 9.17) is 10.5 Å². The van der Waals surface area contributed by atoms with E-state index in [1.165, 1.54) is 0 Å². The summed E-state index contributed by atoms with van der Waals surface area (Å²) >= 11 is 3.35. The van der Waals surface area contributed by atoms with E-state index < -0.39 is 0 Å². The number of aromatic nitrogens is 2. The van der Waals surface area contributed by atoms with Gasteiger partial charge in [0.1, 0.15) is 12.4 Å². The van der Waals surface area contributed by atoms with Crippen molar-refractivity contribution in [3.63, 3.8) is 0 Å². The number of hydrogen-bond acceptors (Lipinski definition) is 3. The molecule has 1 aromatic heterocycles. The SMILES string of the molecule is Nc1cc(Br)ccc1OCCn1cccn1. The van der Waals surface area contributed by atoms with Crippen LogP contribution >= 0.6 is 15.9 Å². The van der Waals surface area contributed by atoms with Gasteiger partial charge in [0.2, 0.25) is 0 Å². The summed E-state index contributed by atoms with van der Waals surface area (Å²) in [5.74, 6) is 0.704. The molecule has 5 heteroatoms. The Morgan fingerprint density at radius 2 is 2.31 bits per heavy atom. The predicted octanol–water partition coefficient (Wildman–Crippen LogP) is 2.31. The highest BCUT2D eigenvalue weighted by Crippen LogP contribution is 2.25. The van der Waals surface area contributed by atoms with Crippen LogP contribution in [-0.2, 0) is 6.54 Å². The molecule has 2 rings (SSSR count). The van der Waals surface area contributed by atoms with Crippen LogP contribution in [0, 0.1) is 0 Å². The van der Waals surface area contributed by atoms with Crippen LogP contribution in [0.3, 0.4) is 0 Å². The number of rotatable bonds is 4. The molecular formula is C11H12BrN3O. The van der Waals surface area contributed by atoms with Gasteiger partial charge in [0.15, 0.2) is 0 Å². The number of hydrogen-bond donors (Lipinski definition) is 1. The molecule has 0 radical (unpaired) electrons. The zero-order valence-corrected chi connectivity index (χ0v) is 10.2. The van der Waals surface area contributed by atoms with Crippen LogP contribution in [0.4, 0.5) is 5.69 Å². The number of nitrogens with two attached hydrogens (primary N) is 1. The van der Waals surface area contributed by atoms with Gasteiger partial charge in [-0.2, -0.15) is 5.10 Å². The van der Waals surface area contributed by atoms with Crippen molar-refractivity contribution in [3.8, 4) is 5.75 Å². The van der Waals surface area contributed by atoms with E-state index in [9.17, 15) is 0 Å². The van der Waals surface area contributed by atoms with Gasteiger partial charge in [-0.3, -0.25) is 4.68 Å². The third kappa shape index (κ3) is 2.76. The minimum atomic E-state index is 0.549. The second-order valence-corrected chi connectivity index (χ2v) is 4.22. The Bertz CT molecular complexity index is 456. The quantitative estimate of drug-likeness (QED) is 0.875. The zero-order chi connectivity index (χ0) is 11.4. The van der Waals surface area contributed by atoms with Crippen molar-refractivity contribution in [2.75, 3.05) is 12.3 Å². The lowest BCUT2D eigenvalue weighted by atomic mass is 10.3. The van der Waals surface area contributed by atoms with E-state index in [1.807, 2.05) is 35.1 Å². The highest BCUT2D eigenvalue weighted by molar-refractivity contribution is 9.10. The topological polar surface area (TPSA) is 53.1 Å². The Labute approximate surface area is 102 Å². The number of nitrogen functional groups attached to an aromatic ring is 1. The molecule has 0 atom stereocenters. The lowest BCUT2D eigenvalue weighted by Gasteiger charge is -2.09. The molecule has 1 aromatic carbocycles. The summed E-state index contributed by atoms with van der Waals surface area (Å²) in [5, 5.41) is 4.08. The van der Waals surface area contributed by atoms with Crippen LogP contribution in [0.15, 0.2) is 41.1 Å². The zero-order valence-electron chi connectivity index (χ0n) is 8.64. The van der Waals surface area contributed by atoms with Crippen molar-refractivity contribution in [3.05, 3.63) is 41.1 Å². The minimum absolute atomic E-state index is 0.549. The highest BCUT2D eigenvalue weighted by Gasteiger charge is 2.00. The first-order chi connectivity index (χ1) is 7.75. The summed E-state index contributed by atoms with van der Waals surface area (Å²) in [6.07, 6.45) is 3.64. The summed E-state index contributed by atoms with van der Waals surface area (Å²) in [6, 6.07) is 7.46. The Balaban J connectivity index is 1.90. The lowest BCUT2D eigenvalue weighted by Crippen LogP contribution is -2.09. The molecular weight excluding hydrogens is 270 g/mol. The van der Waals surface area contributed by atoms with Crippen LogP contribution < -0.4 is 10.5 Å². The van der Waals surface area contributed by atoms with Crippen molar-refractivity contribution < 1.29 is 4.74 Å². The molecule has 16 heavy (non-hydrogen) atoms. The molecule has 0 bridgehead atoms. The number of ether oxygens (including phenoxy) is 1. The van der Waals surface area contributed by atoms with E-state index in [0.717, 1.165) is 4.47 Å².